The van der Waals surface area contributed by atoms with Gasteiger partial charge in [-0.25, -0.2) is 14.2 Å². The van der Waals surface area contributed by atoms with Gasteiger partial charge in [-0.3, -0.25) is 15.0 Å². The van der Waals surface area contributed by atoms with Crippen molar-refractivity contribution in [1.82, 2.24) is 19.2 Å². The quantitative estimate of drug-likeness (QED) is 0.283. The molecule has 9 nitrogen and oxygen atoms in total. The minimum absolute atomic E-state index is 0.0463. The van der Waals surface area contributed by atoms with Gasteiger partial charge in [0.15, 0.2) is 0 Å². The van der Waals surface area contributed by atoms with E-state index in [9.17, 15) is 45.4 Å². The molecule has 3 amide bonds. The number of nitrogens with zero attached hydrogens (tertiary/aromatic N) is 4. The van der Waals surface area contributed by atoms with Gasteiger partial charge in [0.2, 0.25) is 5.13 Å². The largest absolute Gasteiger partial charge is 0.430 e. The third-order valence-corrected chi connectivity index (χ3v) is 7.55. The lowest BCUT2D eigenvalue weighted by Gasteiger charge is -2.35. The Kier molecular flexibility index (Phi) is 9.51. The smallest absolute Gasteiger partial charge is 0.369 e. The van der Waals surface area contributed by atoms with Gasteiger partial charge in [-0.15, -0.1) is 0 Å². The molecule has 0 bridgehead atoms. The predicted octanol–water partition coefficient (Wildman–Crippen LogP) is 5.71. The zero-order valence-electron chi connectivity index (χ0n) is 23.3. The zero-order chi connectivity index (χ0) is 32.4. The van der Waals surface area contributed by atoms with Crippen LogP contribution in [0.15, 0.2) is 42.5 Å². The van der Waals surface area contributed by atoms with E-state index in [1.165, 1.54) is 17.0 Å². The molecule has 1 aliphatic rings. The van der Waals surface area contributed by atoms with Crippen LogP contribution in [0, 0.1) is 5.82 Å². The van der Waals surface area contributed by atoms with E-state index >= 15 is 0 Å². The van der Waals surface area contributed by atoms with Crippen molar-refractivity contribution in [2.75, 3.05) is 36.8 Å². The number of aliphatic hydroxyl groups is 1. The number of alkyl halides is 6. The number of hydrogen-bond donors (Lipinski definition) is 3. The molecule has 3 aromatic rings. The van der Waals surface area contributed by atoms with Crippen LogP contribution in [0.1, 0.15) is 47.1 Å². The summed E-state index contributed by atoms with van der Waals surface area (Å²) in [6, 6.07) is 6.19. The normalized spacial score (nSPS) is 15.0. The number of hydrogen-bond acceptors (Lipinski definition) is 7. The van der Waals surface area contributed by atoms with Gasteiger partial charge in [-0.05, 0) is 23.8 Å². The van der Waals surface area contributed by atoms with Gasteiger partial charge in [-0.1, -0.05) is 38.1 Å². The minimum Gasteiger partial charge on any atom is -0.369 e. The molecule has 0 atom stereocenters. The lowest BCUT2D eigenvalue weighted by atomic mass is 9.91. The lowest BCUT2D eigenvalue weighted by molar-refractivity contribution is -0.376. The highest BCUT2D eigenvalue weighted by Crippen LogP contribution is 2.50. The first-order valence-corrected chi connectivity index (χ1v) is 13.9. The fourth-order valence-electron chi connectivity index (χ4n) is 4.41. The van der Waals surface area contributed by atoms with Crippen molar-refractivity contribution < 1.29 is 45.4 Å². The second kappa shape index (κ2) is 12.6. The highest BCUT2D eigenvalue weighted by molar-refractivity contribution is 7.09. The fraction of sp³-hybridized carbons (Fsp3) is 0.407. The van der Waals surface area contributed by atoms with Crippen LogP contribution in [-0.4, -0.2) is 74.7 Å². The van der Waals surface area contributed by atoms with E-state index in [4.69, 9.17) is 0 Å². The fourth-order valence-corrected chi connectivity index (χ4v) is 5.11. The third kappa shape index (κ3) is 7.10. The maximum Gasteiger partial charge on any atom is 0.430 e. The summed E-state index contributed by atoms with van der Waals surface area (Å²) in [5.74, 6) is -0.674. The van der Waals surface area contributed by atoms with E-state index < -0.39 is 41.3 Å². The summed E-state index contributed by atoms with van der Waals surface area (Å²) in [4.78, 5) is 32.7. The zero-order valence-corrected chi connectivity index (χ0v) is 24.1. The number of carbonyl (C=O) groups is 2. The number of amides is 3. The van der Waals surface area contributed by atoms with Crippen LogP contribution >= 0.6 is 11.5 Å². The van der Waals surface area contributed by atoms with Crippen molar-refractivity contribution in [2.45, 2.75) is 44.3 Å². The van der Waals surface area contributed by atoms with E-state index in [0.717, 1.165) is 29.7 Å². The molecular formula is C27H27F7N6O3S. The Morgan fingerprint density at radius 1 is 0.955 bits per heavy atom. The topological polar surface area (TPSA) is 111 Å². The number of urea groups is 1. The lowest BCUT2D eigenvalue weighted by Crippen LogP contribution is -2.53. The molecule has 1 aromatic heterocycles. The van der Waals surface area contributed by atoms with Crippen LogP contribution < -0.4 is 10.6 Å². The number of halogens is 7. The number of nitrogens with one attached hydrogen (secondary N) is 2. The van der Waals surface area contributed by atoms with Gasteiger partial charge < -0.3 is 15.3 Å². The van der Waals surface area contributed by atoms with Crippen molar-refractivity contribution in [3.05, 3.63) is 70.8 Å². The molecule has 1 fully saturated rings. The van der Waals surface area contributed by atoms with Crippen LogP contribution in [0.5, 0.6) is 0 Å². The minimum atomic E-state index is -5.97. The van der Waals surface area contributed by atoms with Gasteiger partial charge in [0, 0.05) is 61.3 Å². The Morgan fingerprint density at radius 2 is 1.57 bits per heavy atom. The maximum atomic E-state index is 14.7. The molecule has 1 saturated heterocycles. The number of anilines is 2. The Hall–Kier alpha value is -3.83. The molecule has 3 N–H and O–H groups in total. The number of carbonyl (C=O) groups excluding carboxylic acids is 2. The first-order valence-electron chi connectivity index (χ1n) is 13.2. The van der Waals surface area contributed by atoms with Crippen molar-refractivity contribution in [3.8, 4) is 0 Å². The highest BCUT2D eigenvalue weighted by Gasteiger charge is 2.71. The number of aromatic nitrogens is 2. The summed E-state index contributed by atoms with van der Waals surface area (Å²) >= 11 is 0.982. The predicted molar refractivity (Wildman–Crippen MR) is 147 cm³/mol. The van der Waals surface area contributed by atoms with E-state index in [1.54, 1.807) is 0 Å². The average molecular weight is 649 g/mol. The molecule has 238 valence electrons. The molecule has 0 spiro atoms. The van der Waals surface area contributed by atoms with Crippen molar-refractivity contribution >= 4 is 34.3 Å². The summed E-state index contributed by atoms with van der Waals surface area (Å²) in [7, 11) is 0. The van der Waals surface area contributed by atoms with Crippen molar-refractivity contribution in [3.63, 3.8) is 0 Å². The first-order chi connectivity index (χ1) is 20.5. The monoisotopic (exact) mass is 648 g/mol. The summed E-state index contributed by atoms with van der Waals surface area (Å²) in [6.07, 6.45) is -11.9. The molecule has 17 heteroatoms. The Bertz CT molecular complexity index is 1470. The molecule has 1 aliphatic heterocycles. The SMILES string of the molecule is CC(C)c1nsc(NC(=O)Nc2ccc(C(=O)N3CCN(Cc4ccc(C(O)(C(F)(F)F)C(F)(F)F)cc4)CC3)cc2F)n1. The van der Waals surface area contributed by atoms with Crippen molar-refractivity contribution in [1.29, 1.82) is 0 Å². The molecule has 2 aromatic carbocycles. The maximum absolute atomic E-state index is 14.7. The van der Waals surface area contributed by atoms with E-state index in [1.807, 2.05) is 18.7 Å². The molecule has 0 radical (unpaired) electrons. The summed E-state index contributed by atoms with van der Waals surface area (Å²) in [5.41, 5.74) is -6.05. The van der Waals surface area contributed by atoms with Gasteiger partial charge in [-0.2, -0.15) is 30.7 Å². The van der Waals surface area contributed by atoms with Crippen molar-refractivity contribution in [2.24, 2.45) is 0 Å². The second-order valence-electron chi connectivity index (χ2n) is 10.4. The third-order valence-electron chi connectivity index (χ3n) is 6.90. The van der Waals surface area contributed by atoms with Gasteiger partial charge >= 0.3 is 18.4 Å². The highest BCUT2D eigenvalue weighted by atomic mass is 32.1. The molecule has 2 heterocycles. The number of piperazine rings is 1. The number of benzene rings is 2. The van der Waals surface area contributed by atoms with Crippen LogP contribution in [0.2, 0.25) is 0 Å². The molecular weight excluding hydrogens is 621 g/mol. The standard InChI is InChI=1S/C27H27F7N6O3S/c1-15(2)21-36-24(44-38-21)37-23(42)35-20-8-5-17(13-19(20)28)22(41)40-11-9-39(10-12-40)14-16-3-6-18(7-4-16)25(43,26(29,30)31)27(32,33)34/h3-8,13,15,43H,9-12,14H2,1-2H3,(H2,35,36,37,38,42). The van der Waals surface area contributed by atoms with E-state index in [0.29, 0.717) is 36.6 Å². The second-order valence-corrected chi connectivity index (χ2v) is 11.1. The number of rotatable bonds is 7. The average Bonchev–Trinajstić information content (AvgIpc) is 3.42. The Balaban J connectivity index is 1.31. The Morgan fingerprint density at radius 3 is 2.09 bits per heavy atom. The van der Waals surface area contributed by atoms with E-state index in [-0.39, 0.29) is 41.9 Å². The van der Waals surface area contributed by atoms with Gasteiger partial charge in [0.25, 0.3) is 11.5 Å². The Labute approximate surface area is 250 Å². The summed E-state index contributed by atoms with van der Waals surface area (Å²) in [5, 5.41) is 14.6. The van der Waals surface area contributed by atoms with E-state index in [2.05, 4.69) is 20.0 Å². The molecule has 4 rings (SSSR count). The van der Waals surface area contributed by atoms with Gasteiger partial charge in [0.05, 0.1) is 5.69 Å². The summed E-state index contributed by atoms with van der Waals surface area (Å²) in [6.45, 7) is 5.07. The van der Waals surface area contributed by atoms with Crippen LogP contribution in [0.3, 0.4) is 0 Å². The van der Waals surface area contributed by atoms with Crippen LogP contribution in [-0.2, 0) is 12.1 Å². The molecule has 0 unspecified atom stereocenters. The van der Waals surface area contributed by atoms with Crippen LogP contribution in [0.4, 0.5) is 46.3 Å². The summed E-state index contributed by atoms with van der Waals surface area (Å²) < 4.78 is 97.5. The molecule has 44 heavy (non-hydrogen) atoms. The van der Waals surface area contributed by atoms with Crippen LogP contribution in [0.25, 0.3) is 0 Å². The molecule has 0 aliphatic carbocycles. The first kappa shape index (κ1) is 33.1. The molecule has 0 saturated carbocycles. The van der Waals surface area contributed by atoms with Gasteiger partial charge in [0.1, 0.15) is 11.6 Å².